The fourth-order valence-electron chi connectivity index (χ4n) is 2.05. The van der Waals surface area contributed by atoms with Gasteiger partial charge in [-0.05, 0) is 44.8 Å². The van der Waals surface area contributed by atoms with Gasteiger partial charge in [-0.25, -0.2) is 0 Å². The van der Waals surface area contributed by atoms with Gasteiger partial charge in [-0.1, -0.05) is 51.2 Å². The molecule has 19 heavy (non-hydrogen) atoms. The van der Waals surface area contributed by atoms with Crippen LogP contribution in [0.5, 0.6) is 0 Å². The lowest BCUT2D eigenvalue weighted by Gasteiger charge is -2.30. The van der Waals surface area contributed by atoms with Crippen LogP contribution in [0, 0.1) is 0 Å². The largest absolute Gasteiger partial charge is 0.375 e. The Morgan fingerprint density at radius 3 is 2.11 bits per heavy atom. The van der Waals surface area contributed by atoms with Crippen LogP contribution in [0.25, 0.3) is 0 Å². The lowest BCUT2D eigenvalue weighted by molar-refractivity contribution is 0.276. The maximum atomic E-state index is 3.99. The summed E-state index contributed by atoms with van der Waals surface area (Å²) in [6.07, 6.45) is 7.87. The van der Waals surface area contributed by atoms with Crippen LogP contribution in [-0.2, 0) is 0 Å². The van der Waals surface area contributed by atoms with Crippen molar-refractivity contribution < 1.29 is 0 Å². The summed E-state index contributed by atoms with van der Waals surface area (Å²) < 4.78 is 0. The van der Waals surface area contributed by atoms with Crippen LogP contribution < -0.4 is 0 Å². The Morgan fingerprint density at radius 2 is 1.68 bits per heavy atom. The van der Waals surface area contributed by atoms with Crippen LogP contribution in [0.15, 0.2) is 47.7 Å². The molecule has 0 aromatic heterocycles. The predicted molar refractivity (Wildman–Crippen MR) is 88.2 cm³/mol. The Labute approximate surface area is 120 Å². The van der Waals surface area contributed by atoms with Gasteiger partial charge < -0.3 is 4.90 Å². The van der Waals surface area contributed by atoms with Crippen LogP contribution in [0.3, 0.4) is 0 Å². The summed E-state index contributed by atoms with van der Waals surface area (Å²) >= 11 is 0. The molecule has 0 aromatic carbocycles. The van der Waals surface area contributed by atoms with E-state index in [9.17, 15) is 0 Å². The van der Waals surface area contributed by atoms with E-state index in [0.717, 1.165) is 11.1 Å². The minimum absolute atomic E-state index is 0.637. The molecule has 0 aliphatic carbocycles. The Balaban J connectivity index is 4.92. The van der Waals surface area contributed by atoms with E-state index in [-0.39, 0.29) is 0 Å². The molecule has 1 heteroatoms. The van der Waals surface area contributed by atoms with E-state index in [0.29, 0.717) is 6.04 Å². The highest BCUT2D eigenvalue weighted by atomic mass is 15.1. The maximum Gasteiger partial charge on any atom is 0.0280 e. The van der Waals surface area contributed by atoms with Crippen LogP contribution in [0.1, 0.15) is 53.9 Å². The lowest BCUT2D eigenvalue weighted by atomic mass is 10.1. The summed E-state index contributed by atoms with van der Waals surface area (Å²) in [5, 5.41) is 0. The van der Waals surface area contributed by atoms with Gasteiger partial charge in [-0.3, -0.25) is 0 Å². The summed E-state index contributed by atoms with van der Waals surface area (Å²) in [7, 11) is 2.20. The molecule has 0 saturated heterocycles. The van der Waals surface area contributed by atoms with Gasteiger partial charge in [0.25, 0.3) is 0 Å². The molecule has 1 nitrogen and oxygen atoms in total. The molecule has 0 aliphatic rings. The van der Waals surface area contributed by atoms with Crippen molar-refractivity contribution >= 4 is 0 Å². The van der Waals surface area contributed by atoms with Gasteiger partial charge >= 0.3 is 0 Å². The second-order valence-electron chi connectivity index (χ2n) is 5.37. The third-order valence-electron chi connectivity index (χ3n) is 3.82. The number of allylic oxidation sites excluding steroid dienone is 6. The minimum Gasteiger partial charge on any atom is -0.375 e. The molecule has 0 heterocycles. The van der Waals surface area contributed by atoms with Crippen molar-refractivity contribution in [3.05, 3.63) is 47.7 Å². The first kappa shape index (κ1) is 17.8. The van der Waals surface area contributed by atoms with E-state index in [4.69, 9.17) is 0 Å². The van der Waals surface area contributed by atoms with Crippen molar-refractivity contribution in [3.8, 4) is 0 Å². The molecular weight excluding hydrogens is 230 g/mol. The van der Waals surface area contributed by atoms with E-state index >= 15 is 0 Å². The summed E-state index contributed by atoms with van der Waals surface area (Å²) in [6.45, 7) is 18.7. The molecule has 0 saturated carbocycles. The zero-order valence-electron chi connectivity index (χ0n) is 13.7. The van der Waals surface area contributed by atoms with Crippen LogP contribution in [0.4, 0.5) is 0 Å². The Hall–Kier alpha value is -1.24. The molecule has 0 radical (unpaired) electrons. The number of hydrogen-bond donors (Lipinski definition) is 0. The Bertz CT molecular complexity index is 371. The molecule has 1 unspecified atom stereocenters. The van der Waals surface area contributed by atoms with Crippen molar-refractivity contribution in [1.82, 2.24) is 4.90 Å². The summed E-state index contributed by atoms with van der Waals surface area (Å²) in [6, 6.07) is 0.637. The molecule has 0 amide bonds. The van der Waals surface area contributed by atoms with E-state index in [1.165, 1.54) is 30.5 Å². The van der Waals surface area contributed by atoms with Gasteiger partial charge in [-0.15, -0.1) is 0 Å². The molecule has 0 bridgehead atoms. The standard InChI is InChI=1S/C18H31N/c1-9-11-18(10-2)19(8)17(7)16(6)13-12-15(5)14(3)4/h12-13,18H,3,5,9-11H2,1-2,4,6-8H3/b13-12-,17-16+. The number of nitrogens with zero attached hydrogens (tertiary/aromatic N) is 1. The maximum absolute atomic E-state index is 3.99. The lowest BCUT2D eigenvalue weighted by Crippen LogP contribution is -2.30. The van der Waals surface area contributed by atoms with E-state index in [1.807, 2.05) is 6.92 Å². The summed E-state index contributed by atoms with van der Waals surface area (Å²) in [5.74, 6) is 0. The first-order valence-corrected chi connectivity index (χ1v) is 7.28. The quantitative estimate of drug-likeness (QED) is 0.523. The topological polar surface area (TPSA) is 3.24 Å². The van der Waals surface area contributed by atoms with E-state index in [1.54, 1.807) is 0 Å². The third-order valence-corrected chi connectivity index (χ3v) is 3.82. The summed E-state index contributed by atoms with van der Waals surface area (Å²) in [5.41, 5.74) is 4.65. The summed E-state index contributed by atoms with van der Waals surface area (Å²) in [4.78, 5) is 2.41. The monoisotopic (exact) mass is 261 g/mol. The fourth-order valence-corrected chi connectivity index (χ4v) is 2.05. The second-order valence-corrected chi connectivity index (χ2v) is 5.37. The average molecular weight is 261 g/mol. The van der Waals surface area contributed by atoms with E-state index in [2.05, 4.69) is 65.0 Å². The van der Waals surface area contributed by atoms with Gasteiger partial charge in [0.2, 0.25) is 0 Å². The van der Waals surface area contributed by atoms with Crippen molar-refractivity contribution in [2.24, 2.45) is 0 Å². The number of rotatable bonds is 8. The smallest absolute Gasteiger partial charge is 0.0280 e. The Kier molecular flexibility index (Phi) is 8.22. The Morgan fingerprint density at radius 1 is 1.11 bits per heavy atom. The van der Waals surface area contributed by atoms with Gasteiger partial charge in [0.05, 0.1) is 0 Å². The minimum atomic E-state index is 0.637. The second kappa shape index (κ2) is 8.79. The normalized spacial score (nSPS) is 14.2. The first-order chi connectivity index (χ1) is 8.84. The van der Waals surface area contributed by atoms with Crippen molar-refractivity contribution in [3.63, 3.8) is 0 Å². The molecule has 108 valence electrons. The third kappa shape index (κ3) is 5.96. The van der Waals surface area contributed by atoms with Crippen LogP contribution in [-0.4, -0.2) is 18.0 Å². The highest BCUT2D eigenvalue weighted by Gasteiger charge is 2.12. The zero-order valence-corrected chi connectivity index (χ0v) is 13.7. The molecule has 0 aliphatic heterocycles. The molecular formula is C18H31N. The molecule has 0 N–H and O–H groups in total. The average Bonchev–Trinajstić information content (AvgIpc) is 2.39. The highest BCUT2D eigenvalue weighted by molar-refractivity contribution is 5.37. The van der Waals surface area contributed by atoms with Crippen molar-refractivity contribution in [1.29, 1.82) is 0 Å². The predicted octanol–water partition coefficient (Wildman–Crippen LogP) is 5.48. The van der Waals surface area contributed by atoms with Gasteiger partial charge in [-0.2, -0.15) is 0 Å². The molecule has 0 aromatic rings. The number of hydrogen-bond acceptors (Lipinski definition) is 1. The molecule has 1 atom stereocenters. The van der Waals surface area contributed by atoms with E-state index < -0.39 is 0 Å². The highest BCUT2D eigenvalue weighted by Crippen LogP contribution is 2.18. The van der Waals surface area contributed by atoms with Crippen molar-refractivity contribution in [2.75, 3.05) is 7.05 Å². The van der Waals surface area contributed by atoms with Gasteiger partial charge in [0.1, 0.15) is 0 Å². The first-order valence-electron chi connectivity index (χ1n) is 7.28. The molecule has 0 spiro atoms. The van der Waals surface area contributed by atoms with Gasteiger partial charge in [0, 0.05) is 18.8 Å². The van der Waals surface area contributed by atoms with Crippen molar-refractivity contribution in [2.45, 2.75) is 59.9 Å². The van der Waals surface area contributed by atoms with Crippen LogP contribution >= 0.6 is 0 Å². The fraction of sp³-hybridized carbons (Fsp3) is 0.556. The van der Waals surface area contributed by atoms with Gasteiger partial charge in [0.15, 0.2) is 0 Å². The SMILES string of the molecule is C=C(C)C(=C)/C=C\C(C)=C(/C)N(C)C(CC)CCC. The molecule has 0 rings (SSSR count). The molecule has 0 fully saturated rings. The van der Waals surface area contributed by atoms with Crippen LogP contribution in [0.2, 0.25) is 0 Å². The zero-order chi connectivity index (χ0) is 15.0.